The van der Waals surface area contributed by atoms with Gasteiger partial charge in [-0.3, -0.25) is 4.98 Å². The first-order valence-corrected chi connectivity index (χ1v) is 10.3. The largest absolute Gasteiger partial charge is 0.324 e. The summed E-state index contributed by atoms with van der Waals surface area (Å²) in [6.45, 7) is 5.80. The van der Waals surface area contributed by atoms with Crippen molar-refractivity contribution in [2.24, 2.45) is 0 Å². The second kappa shape index (κ2) is 7.63. The molecule has 0 aromatic carbocycles. The second-order valence-corrected chi connectivity index (χ2v) is 9.13. The zero-order chi connectivity index (χ0) is 18.7. The van der Waals surface area contributed by atoms with E-state index < -0.39 is 15.3 Å². The summed E-state index contributed by atoms with van der Waals surface area (Å²) in [4.78, 5) is 17.3. The number of aromatic nitrogens is 4. The van der Waals surface area contributed by atoms with Crippen LogP contribution in [0.25, 0.3) is 0 Å². The molecule has 1 atom stereocenters. The molecule has 1 aliphatic heterocycles. The maximum atomic E-state index is 12.8. The fraction of sp³-hybridized carbons (Fsp3) is 0.529. The van der Waals surface area contributed by atoms with Crippen molar-refractivity contribution in [1.29, 1.82) is 0 Å². The normalized spacial score (nSPS) is 18.8. The van der Waals surface area contributed by atoms with Crippen LogP contribution in [0.5, 0.6) is 0 Å². The number of aryl methyl sites for hydroxylation is 1. The van der Waals surface area contributed by atoms with Gasteiger partial charge in [0.15, 0.2) is 0 Å². The number of sulfonamides is 1. The summed E-state index contributed by atoms with van der Waals surface area (Å²) in [5.41, 5.74) is 0.772. The van der Waals surface area contributed by atoms with Gasteiger partial charge in [0.25, 0.3) is 0 Å². The average Bonchev–Trinajstić information content (AvgIpc) is 2.62. The van der Waals surface area contributed by atoms with Crippen LogP contribution in [0, 0.1) is 6.92 Å². The summed E-state index contributed by atoms with van der Waals surface area (Å²) < 4.78 is 27.1. The van der Waals surface area contributed by atoms with Gasteiger partial charge in [0.1, 0.15) is 17.5 Å². The molecule has 0 saturated carbocycles. The highest BCUT2D eigenvalue weighted by Crippen LogP contribution is 2.33. The van der Waals surface area contributed by atoms with E-state index in [1.54, 1.807) is 36.7 Å². The molecule has 0 aliphatic carbocycles. The van der Waals surface area contributed by atoms with Crippen LogP contribution in [0.15, 0.2) is 24.7 Å². The molecular weight excluding hydrogens is 352 g/mol. The molecule has 1 unspecified atom stereocenters. The number of hydrogen-bond acceptors (Lipinski definition) is 7. The Morgan fingerprint density at radius 1 is 1.19 bits per heavy atom. The molecule has 1 saturated heterocycles. The molecule has 3 rings (SSSR count). The van der Waals surface area contributed by atoms with E-state index in [0.717, 1.165) is 25.0 Å². The summed E-state index contributed by atoms with van der Waals surface area (Å²) in [5, 5.41) is 2.64. The van der Waals surface area contributed by atoms with Gasteiger partial charge in [-0.05, 0) is 33.6 Å². The number of anilines is 2. The Kier molecular flexibility index (Phi) is 5.47. The third-order valence-electron chi connectivity index (χ3n) is 4.37. The van der Waals surface area contributed by atoms with E-state index >= 15 is 0 Å². The van der Waals surface area contributed by atoms with E-state index in [9.17, 15) is 8.42 Å². The van der Waals surface area contributed by atoms with Crippen molar-refractivity contribution in [3.63, 3.8) is 0 Å². The molecule has 1 aliphatic rings. The van der Waals surface area contributed by atoms with E-state index in [1.165, 1.54) is 0 Å². The number of rotatable bonds is 5. The van der Waals surface area contributed by atoms with E-state index in [4.69, 9.17) is 0 Å². The van der Waals surface area contributed by atoms with Crippen LogP contribution in [0.4, 0.5) is 11.6 Å². The fourth-order valence-corrected chi connectivity index (χ4v) is 4.52. The maximum absolute atomic E-state index is 12.8. The van der Waals surface area contributed by atoms with E-state index in [1.807, 2.05) is 13.0 Å². The Hall–Kier alpha value is -2.13. The van der Waals surface area contributed by atoms with Gasteiger partial charge in [-0.15, -0.1) is 0 Å². The average molecular weight is 376 g/mol. The fourth-order valence-electron chi connectivity index (χ4n) is 3.04. The summed E-state index contributed by atoms with van der Waals surface area (Å²) >= 11 is 0. The lowest BCUT2D eigenvalue weighted by Gasteiger charge is -2.35. The monoisotopic (exact) mass is 376 g/mol. The minimum Gasteiger partial charge on any atom is -0.324 e. The van der Waals surface area contributed by atoms with Gasteiger partial charge in [-0.1, -0.05) is 6.42 Å². The Morgan fingerprint density at radius 2 is 2.00 bits per heavy atom. The minimum atomic E-state index is -3.37. The summed E-state index contributed by atoms with van der Waals surface area (Å²) in [5.74, 6) is 1.69. The predicted octanol–water partition coefficient (Wildman–Crippen LogP) is 2.58. The zero-order valence-electron chi connectivity index (χ0n) is 15.3. The van der Waals surface area contributed by atoms with Crippen molar-refractivity contribution in [3.8, 4) is 0 Å². The quantitative estimate of drug-likeness (QED) is 0.856. The van der Waals surface area contributed by atoms with Crippen molar-refractivity contribution in [3.05, 3.63) is 36.2 Å². The van der Waals surface area contributed by atoms with Gasteiger partial charge >= 0.3 is 0 Å². The Labute approximate surface area is 154 Å². The molecule has 1 N–H and O–H groups in total. The van der Waals surface area contributed by atoms with Crippen LogP contribution >= 0.6 is 0 Å². The zero-order valence-corrected chi connectivity index (χ0v) is 16.1. The molecule has 0 spiro atoms. The first-order valence-electron chi connectivity index (χ1n) is 8.77. The number of hydrogen-bond donors (Lipinski definition) is 1. The lowest BCUT2D eigenvalue weighted by atomic mass is 10.0. The van der Waals surface area contributed by atoms with Gasteiger partial charge in [-0.2, -0.15) is 4.31 Å². The summed E-state index contributed by atoms with van der Waals surface area (Å²) in [6.07, 6.45) is 7.33. The lowest BCUT2D eigenvalue weighted by molar-refractivity contribution is 0.244. The van der Waals surface area contributed by atoms with Crippen LogP contribution in [-0.2, 0) is 10.0 Å². The second-order valence-electron chi connectivity index (χ2n) is 6.68. The van der Waals surface area contributed by atoms with Crippen LogP contribution in [0.2, 0.25) is 0 Å². The minimum absolute atomic E-state index is 0.335. The molecule has 8 nitrogen and oxygen atoms in total. The van der Waals surface area contributed by atoms with Gasteiger partial charge in [0.05, 0.1) is 17.5 Å². The molecule has 140 valence electrons. The Balaban J connectivity index is 1.94. The summed E-state index contributed by atoms with van der Waals surface area (Å²) in [6, 6.07) is 1.47. The van der Waals surface area contributed by atoms with Crippen molar-refractivity contribution in [2.75, 3.05) is 11.9 Å². The van der Waals surface area contributed by atoms with Gasteiger partial charge in [0, 0.05) is 30.7 Å². The van der Waals surface area contributed by atoms with Gasteiger partial charge in [-0.25, -0.2) is 23.4 Å². The number of nitrogens with zero attached hydrogens (tertiary/aromatic N) is 5. The lowest BCUT2D eigenvalue weighted by Crippen LogP contribution is -2.42. The first-order chi connectivity index (χ1) is 12.4. The van der Waals surface area contributed by atoms with E-state index in [0.29, 0.717) is 24.0 Å². The molecule has 0 amide bonds. The van der Waals surface area contributed by atoms with Gasteiger partial charge < -0.3 is 5.32 Å². The summed E-state index contributed by atoms with van der Waals surface area (Å²) in [7, 11) is -3.37. The van der Waals surface area contributed by atoms with Crippen LogP contribution < -0.4 is 5.32 Å². The van der Waals surface area contributed by atoms with Crippen LogP contribution in [0.1, 0.15) is 50.7 Å². The Bertz CT molecular complexity index is 857. The third kappa shape index (κ3) is 3.99. The number of piperidine rings is 1. The molecule has 1 fully saturated rings. The number of nitrogens with one attached hydrogen (secondary N) is 1. The molecular formula is C17H24N6O2S. The topological polar surface area (TPSA) is 101 Å². The van der Waals surface area contributed by atoms with Crippen LogP contribution in [-0.4, -0.2) is 44.5 Å². The van der Waals surface area contributed by atoms with E-state index in [2.05, 4.69) is 25.3 Å². The smallest absolute Gasteiger partial charge is 0.217 e. The SMILES string of the molecule is Cc1cc(Nc2cnccn2)nc(C2CCCCN2S(=O)(=O)C(C)C)n1. The standard InChI is InChI=1S/C17H24N6O2S/c1-12(2)26(24,25)23-9-5-4-6-14(23)17-20-13(3)10-15(22-17)21-16-11-18-7-8-19-16/h7-8,10-12,14H,4-6,9H2,1-3H3,(H,19,20,21,22). The maximum Gasteiger partial charge on any atom is 0.217 e. The van der Waals surface area contributed by atoms with Gasteiger partial charge in [0.2, 0.25) is 10.0 Å². The molecule has 9 heteroatoms. The van der Waals surface area contributed by atoms with E-state index in [-0.39, 0.29) is 6.04 Å². The molecule has 3 heterocycles. The van der Waals surface area contributed by atoms with Crippen molar-refractivity contribution in [1.82, 2.24) is 24.2 Å². The molecule has 2 aromatic heterocycles. The highest BCUT2D eigenvalue weighted by Gasteiger charge is 2.36. The predicted molar refractivity (Wildman–Crippen MR) is 99.4 cm³/mol. The van der Waals surface area contributed by atoms with Crippen molar-refractivity contribution in [2.45, 2.75) is 51.3 Å². The third-order valence-corrected chi connectivity index (χ3v) is 6.65. The highest BCUT2D eigenvalue weighted by atomic mass is 32.2. The molecule has 0 bridgehead atoms. The van der Waals surface area contributed by atoms with Crippen molar-refractivity contribution < 1.29 is 8.42 Å². The molecule has 2 aromatic rings. The van der Waals surface area contributed by atoms with Crippen molar-refractivity contribution >= 4 is 21.7 Å². The molecule has 0 radical (unpaired) electrons. The van der Waals surface area contributed by atoms with Crippen LogP contribution in [0.3, 0.4) is 0 Å². The Morgan fingerprint density at radius 3 is 2.69 bits per heavy atom. The highest BCUT2D eigenvalue weighted by molar-refractivity contribution is 7.89. The first kappa shape index (κ1) is 18.7. The molecule has 26 heavy (non-hydrogen) atoms.